The SMILES string of the molecule is CCCCCNc1ccc([N+](=O)[O-])c(C)c1C(=O)O. The Balaban J connectivity index is 3.01. The first-order valence-corrected chi connectivity index (χ1v) is 6.24. The van der Waals surface area contributed by atoms with E-state index < -0.39 is 10.9 Å². The maximum atomic E-state index is 11.2. The normalized spacial score (nSPS) is 10.2. The Morgan fingerprint density at radius 2 is 2.11 bits per heavy atom. The molecule has 0 saturated carbocycles. The number of anilines is 1. The molecule has 0 saturated heterocycles. The predicted octanol–water partition coefficient (Wildman–Crippen LogP) is 3.20. The van der Waals surface area contributed by atoms with E-state index in [0.29, 0.717) is 12.2 Å². The molecule has 0 aliphatic heterocycles. The zero-order chi connectivity index (χ0) is 14.4. The molecular weight excluding hydrogens is 248 g/mol. The molecule has 6 heteroatoms. The van der Waals surface area contributed by atoms with Gasteiger partial charge in [0.15, 0.2) is 0 Å². The highest BCUT2D eigenvalue weighted by molar-refractivity contribution is 5.97. The molecule has 0 aliphatic carbocycles. The first-order valence-electron chi connectivity index (χ1n) is 6.24. The van der Waals surface area contributed by atoms with E-state index >= 15 is 0 Å². The van der Waals surface area contributed by atoms with Crippen LogP contribution in [0.15, 0.2) is 12.1 Å². The quantitative estimate of drug-likeness (QED) is 0.449. The topological polar surface area (TPSA) is 92.5 Å². The van der Waals surface area contributed by atoms with Crippen molar-refractivity contribution in [1.29, 1.82) is 0 Å². The fourth-order valence-corrected chi connectivity index (χ4v) is 1.92. The molecule has 0 aromatic heterocycles. The molecule has 0 aliphatic rings. The number of rotatable bonds is 7. The maximum Gasteiger partial charge on any atom is 0.338 e. The molecule has 1 aromatic carbocycles. The molecular formula is C13H18N2O4. The van der Waals surface area contributed by atoms with Crippen molar-refractivity contribution < 1.29 is 14.8 Å². The van der Waals surface area contributed by atoms with Gasteiger partial charge in [-0.05, 0) is 19.4 Å². The molecule has 1 aromatic rings. The highest BCUT2D eigenvalue weighted by Crippen LogP contribution is 2.28. The Labute approximate surface area is 111 Å². The summed E-state index contributed by atoms with van der Waals surface area (Å²) in [6, 6.07) is 2.80. The van der Waals surface area contributed by atoms with Crippen LogP contribution in [0.25, 0.3) is 0 Å². The van der Waals surface area contributed by atoms with Gasteiger partial charge in [0.2, 0.25) is 0 Å². The summed E-state index contributed by atoms with van der Waals surface area (Å²) >= 11 is 0. The van der Waals surface area contributed by atoms with Crippen molar-refractivity contribution >= 4 is 17.3 Å². The number of aromatic carboxylic acids is 1. The minimum absolute atomic E-state index is 0.0225. The number of nitro benzene ring substituents is 1. The molecule has 104 valence electrons. The molecule has 0 unspecified atom stereocenters. The summed E-state index contributed by atoms with van der Waals surface area (Å²) in [5, 5.41) is 23.0. The third-order valence-corrected chi connectivity index (χ3v) is 2.94. The molecule has 1 rings (SSSR count). The summed E-state index contributed by atoms with van der Waals surface area (Å²) in [5.74, 6) is -1.15. The van der Waals surface area contributed by atoms with E-state index in [-0.39, 0.29) is 16.8 Å². The molecule has 0 fully saturated rings. The van der Waals surface area contributed by atoms with E-state index in [2.05, 4.69) is 12.2 Å². The summed E-state index contributed by atoms with van der Waals surface area (Å²) in [6.07, 6.45) is 3.07. The molecule has 0 amide bonds. The number of carboxylic acids is 1. The summed E-state index contributed by atoms with van der Waals surface area (Å²) in [7, 11) is 0. The van der Waals surface area contributed by atoms with Crippen molar-refractivity contribution in [3.8, 4) is 0 Å². The van der Waals surface area contributed by atoms with Crippen LogP contribution in [0.5, 0.6) is 0 Å². The number of nitrogens with zero attached hydrogens (tertiary/aromatic N) is 1. The number of carboxylic acid groups (broad SMARTS) is 1. The predicted molar refractivity (Wildman–Crippen MR) is 72.8 cm³/mol. The Kier molecular flexibility index (Phi) is 5.29. The lowest BCUT2D eigenvalue weighted by molar-refractivity contribution is -0.385. The summed E-state index contributed by atoms with van der Waals surface area (Å²) in [5.41, 5.74) is 0.423. The third kappa shape index (κ3) is 3.67. The van der Waals surface area contributed by atoms with Gasteiger partial charge in [-0.15, -0.1) is 0 Å². The van der Waals surface area contributed by atoms with Crippen LogP contribution in [0, 0.1) is 17.0 Å². The smallest absolute Gasteiger partial charge is 0.338 e. The second-order valence-electron chi connectivity index (χ2n) is 4.33. The van der Waals surface area contributed by atoms with Gasteiger partial charge in [-0.2, -0.15) is 0 Å². The molecule has 6 nitrogen and oxygen atoms in total. The van der Waals surface area contributed by atoms with Gasteiger partial charge in [-0.25, -0.2) is 4.79 Å². The second-order valence-corrected chi connectivity index (χ2v) is 4.33. The molecule has 0 bridgehead atoms. The molecule has 2 N–H and O–H groups in total. The van der Waals surface area contributed by atoms with Crippen molar-refractivity contribution in [1.82, 2.24) is 0 Å². The number of hydrogen-bond donors (Lipinski definition) is 2. The highest BCUT2D eigenvalue weighted by Gasteiger charge is 2.21. The average Bonchev–Trinajstić information content (AvgIpc) is 2.33. The first-order chi connectivity index (χ1) is 8.99. The number of nitro groups is 1. The van der Waals surface area contributed by atoms with Gasteiger partial charge < -0.3 is 10.4 Å². The van der Waals surface area contributed by atoms with Crippen LogP contribution in [0.4, 0.5) is 11.4 Å². The van der Waals surface area contributed by atoms with Crippen LogP contribution in [0.3, 0.4) is 0 Å². The zero-order valence-corrected chi connectivity index (χ0v) is 11.1. The van der Waals surface area contributed by atoms with Crippen molar-refractivity contribution in [3.63, 3.8) is 0 Å². The van der Waals surface area contributed by atoms with Gasteiger partial charge in [0.1, 0.15) is 0 Å². The van der Waals surface area contributed by atoms with E-state index in [1.807, 2.05) is 0 Å². The van der Waals surface area contributed by atoms with Crippen LogP contribution in [0.2, 0.25) is 0 Å². The molecule has 0 spiro atoms. The Morgan fingerprint density at radius 3 is 2.63 bits per heavy atom. The van der Waals surface area contributed by atoms with Gasteiger partial charge in [0.05, 0.1) is 10.5 Å². The van der Waals surface area contributed by atoms with Crippen LogP contribution >= 0.6 is 0 Å². The van der Waals surface area contributed by atoms with E-state index in [1.54, 1.807) is 0 Å². The summed E-state index contributed by atoms with van der Waals surface area (Å²) < 4.78 is 0. The number of nitrogens with one attached hydrogen (secondary N) is 1. The number of benzene rings is 1. The number of unbranched alkanes of at least 4 members (excludes halogenated alkanes) is 2. The van der Waals surface area contributed by atoms with Gasteiger partial charge in [-0.3, -0.25) is 10.1 Å². The maximum absolute atomic E-state index is 11.2. The lowest BCUT2D eigenvalue weighted by Gasteiger charge is -2.11. The lowest BCUT2D eigenvalue weighted by atomic mass is 10.0. The molecule has 0 heterocycles. The molecule has 19 heavy (non-hydrogen) atoms. The fraction of sp³-hybridized carbons (Fsp3) is 0.462. The Bertz CT molecular complexity index is 486. The monoisotopic (exact) mass is 266 g/mol. The largest absolute Gasteiger partial charge is 0.478 e. The summed E-state index contributed by atoms with van der Waals surface area (Å²) in [4.78, 5) is 21.5. The van der Waals surface area contributed by atoms with Crippen molar-refractivity contribution in [2.45, 2.75) is 33.1 Å². The first kappa shape index (κ1) is 14.9. The lowest BCUT2D eigenvalue weighted by Crippen LogP contribution is -2.10. The number of hydrogen-bond acceptors (Lipinski definition) is 4. The van der Waals surface area contributed by atoms with Crippen LogP contribution < -0.4 is 5.32 Å². The van der Waals surface area contributed by atoms with Gasteiger partial charge in [-0.1, -0.05) is 19.8 Å². The summed E-state index contributed by atoms with van der Waals surface area (Å²) in [6.45, 7) is 4.20. The van der Waals surface area contributed by atoms with Gasteiger partial charge in [0, 0.05) is 23.9 Å². The minimum atomic E-state index is -1.15. The van der Waals surface area contributed by atoms with Crippen molar-refractivity contribution in [2.24, 2.45) is 0 Å². The second kappa shape index (κ2) is 6.72. The molecule has 0 radical (unpaired) electrons. The van der Waals surface area contributed by atoms with E-state index in [9.17, 15) is 20.0 Å². The third-order valence-electron chi connectivity index (χ3n) is 2.94. The zero-order valence-electron chi connectivity index (χ0n) is 11.1. The van der Waals surface area contributed by atoms with E-state index in [4.69, 9.17) is 0 Å². The van der Waals surface area contributed by atoms with Gasteiger partial charge >= 0.3 is 5.97 Å². The number of carbonyl (C=O) groups is 1. The fourth-order valence-electron chi connectivity index (χ4n) is 1.92. The Morgan fingerprint density at radius 1 is 1.42 bits per heavy atom. The average molecular weight is 266 g/mol. The van der Waals surface area contributed by atoms with Crippen LogP contribution in [-0.2, 0) is 0 Å². The standard InChI is InChI=1S/C13H18N2O4/c1-3-4-5-8-14-10-6-7-11(15(18)19)9(2)12(10)13(16)17/h6-7,14H,3-5,8H2,1-2H3,(H,16,17). The van der Waals surface area contributed by atoms with E-state index in [0.717, 1.165) is 19.3 Å². The Hall–Kier alpha value is -2.11. The minimum Gasteiger partial charge on any atom is -0.478 e. The van der Waals surface area contributed by atoms with Crippen LogP contribution in [-0.4, -0.2) is 22.5 Å². The van der Waals surface area contributed by atoms with Crippen molar-refractivity contribution in [2.75, 3.05) is 11.9 Å². The van der Waals surface area contributed by atoms with Gasteiger partial charge in [0.25, 0.3) is 5.69 Å². The van der Waals surface area contributed by atoms with E-state index in [1.165, 1.54) is 19.1 Å². The highest BCUT2D eigenvalue weighted by atomic mass is 16.6. The van der Waals surface area contributed by atoms with Crippen LogP contribution in [0.1, 0.15) is 42.1 Å². The van der Waals surface area contributed by atoms with Crippen molar-refractivity contribution in [3.05, 3.63) is 33.4 Å². The molecule has 0 atom stereocenters.